The van der Waals surface area contributed by atoms with Crippen molar-refractivity contribution in [2.45, 2.75) is 13.8 Å². The van der Waals surface area contributed by atoms with Crippen LogP contribution in [0, 0.1) is 12.7 Å². The zero-order chi connectivity index (χ0) is 17.5. The number of amides is 1. The molecular weight excluding hydrogens is 333 g/mol. The first-order valence-corrected chi connectivity index (χ1v) is 7.94. The third-order valence-electron chi connectivity index (χ3n) is 3.08. The Kier molecular flexibility index (Phi) is 6.31. The summed E-state index contributed by atoms with van der Waals surface area (Å²) < 4.78 is 13.0. The number of carbonyl (C=O) groups excluding carboxylic acids is 1. The highest BCUT2D eigenvalue weighted by molar-refractivity contribution is 6.33. The van der Waals surface area contributed by atoms with Crippen LogP contribution in [0.25, 0.3) is 0 Å². The summed E-state index contributed by atoms with van der Waals surface area (Å²) in [6.45, 7) is 5.43. The molecule has 8 heteroatoms. The van der Waals surface area contributed by atoms with Crippen LogP contribution in [0.4, 0.5) is 16.2 Å². The first-order chi connectivity index (χ1) is 11.5. The van der Waals surface area contributed by atoms with Gasteiger partial charge >= 0.3 is 0 Å². The molecule has 0 aliphatic rings. The number of nitrogens with zero attached hydrogens (tertiary/aromatic N) is 2. The van der Waals surface area contributed by atoms with Gasteiger partial charge in [0.1, 0.15) is 11.6 Å². The van der Waals surface area contributed by atoms with Crippen LogP contribution in [-0.4, -0.2) is 35.5 Å². The molecule has 0 radical (unpaired) electrons. The highest BCUT2D eigenvalue weighted by Crippen LogP contribution is 2.16. The number of carbonyl (C=O) groups is 1. The molecule has 0 aliphatic carbocycles. The van der Waals surface area contributed by atoms with Gasteiger partial charge in [0.15, 0.2) is 0 Å². The van der Waals surface area contributed by atoms with Crippen LogP contribution >= 0.6 is 11.6 Å². The largest absolute Gasteiger partial charge is 0.368 e. The Balaban J connectivity index is 1.85. The van der Waals surface area contributed by atoms with E-state index in [1.165, 1.54) is 12.1 Å². The maximum Gasteiger partial charge on any atom is 0.252 e. The predicted octanol–water partition coefficient (Wildman–Crippen LogP) is 2.85. The molecule has 0 unspecified atom stereocenters. The molecule has 0 atom stereocenters. The van der Waals surface area contributed by atoms with Gasteiger partial charge in [-0.3, -0.25) is 4.79 Å². The molecule has 24 heavy (non-hydrogen) atoms. The first kappa shape index (κ1) is 17.9. The fourth-order valence-corrected chi connectivity index (χ4v) is 2.28. The van der Waals surface area contributed by atoms with Gasteiger partial charge in [-0.2, -0.15) is 4.98 Å². The van der Waals surface area contributed by atoms with Crippen molar-refractivity contribution in [2.75, 3.05) is 30.3 Å². The minimum atomic E-state index is -0.478. The fraction of sp³-hybridized carbons (Fsp3) is 0.312. The molecule has 1 amide bonds. The van der Waals surface area contributed by atoms with Gasteiger partial charge in [0, 0.05) is 31.4 Å². The number of anilines is 2. The van der Waals surface area contributed by atoms with Gasteiger partial charge < -0.3 is 16.0 Å². The van der Waals surface area contributed by atoms with E-state index in [0.29, 0.717) is 24.9 Å². The minimum absolute atomic E-state index is 0.0853. The SMILES string of the molecule is CCNc1nc(C)cc(NCCNC(=O)c2ccc(F)cc2Cl)n1. The summed E-state index contributed by atoms with van der Waals surface area (Å²) >= 11 is 5.86. The van der Waals surface area contributed by atoms with Crippen molar-refractivity contribution in [3.05, 3.63) is 46.4 Å². The third-order valence-corrected chi connectivity index (χ3v) is 3.39. The average Bonchev–Trinajstić information content (AvgIpc) is 2.51. The Morgan fingerprint density at radius 3 is 2.71 bits per heavy atom. The van der Waals surface area contributed by atoms with Crippen LogP contribution in [0.3, 0.4) is 0 Å². The molecular formula is C16H19ClFN5O. The van der Waals surface area contributed by atoms with Gasteiger partial charge in [-0.1, -0.05) is 11.6 Å². The topological polar surface area (TPSA) is 78.9 Å². The highest BCUT2D eigenvalue weighted by atomic mass is 35.5. The number of nitrogens with one attached hydrogen (secondary N) is 3. The summed E-state index contributed by atoms with van der Waals surface area (Å²) in [4.78, 5) is 20.6. The number of aryl methyl sites for hydroxylation is 1. The van der Waals surface area contributed by atoms with Gasteiger partial charge in [-0.05, 0) is 32.0 Å². The Morgan fingerprint density at radius 1 is 1.21 bits per heavy atom. The molecule has 2 rings (SSSR count). The standard InChI is InChI=1S/C16H19ClFN5O/c1-3-19-16-22-10(2)8-14(23-16)20-6-7-21-15(24)12-5-4-11(18)9-13(12)17/h4-5,8-9H,3,6-7H2,1-2H3,(H,21,24)(H2,19,20,22,23). The molecule has 3 N–H and O–H groups in total. The zero-order valence-electron chi connectivity index (χ0n) is 13.5. The molecule has 1 aromatic heterocycles. The summed E-state index contributed by atoms with van der Waals surface area (Å²) in [5.74, 6) is 0.400. The van der Waals surface area contributed by atoms with Crippen LogP contribution in [-0.2, 0) is 0 Å². The van der Waals surface area contributed by atoms with Crippen molar-refractivity contribution in [2.24, 2.45) is 0 Å². The van der Waals surface area contributed by atoms with Gasteiger partial charge in [-0.25, -0.2) is 9.37 Å². The lowest BCUT2D eigenvalue weighted by Gasteiger charge is -2.10. The summed E-state index contributed by atoms with van der Waals surface area (Å²) in [7, 11) is 0. The van der Waals surface area contributed by atoms with Gasteiger partial charge in [0.05, 0.1) is 10.6 Å². The second-order valence-electron chi connectivity index (χ2n) is 5.06. The summed E-state index contributed by atoms with van der Waals surface area (Å²) in [6.07, 6.45) is 0. The summed E-state index contributed by atoms with van der Waals surface area (Å²) in [5, 5.41) is 8.97. The lowest BCUT2D eigenvalue weighted by molar-refractivity contribution is 0.0955. The molecule has 0 saturated carbocycles. The van der Waals surface area contributed by atoms with E-state index in [-0.39, 0.29) is 16.5 Å². The van der Waals surface area contributed by atoms with E-state index >= 15 is 0 Å². The lowest BCUT2D eigenvalue weighted by Crippen LogP contribution is -2.29. The van der Waals surface area contributed by atoms with Crippen molar-refractivity contribution in [3.63, 3.8) is 0 Å². The van der Waals surface area contributed by atoms with Gasteiger partial charge in [0.2, 0.25) is 5.95 Å². The van der Waals surface area contributed by atoms with E-state index in [2.05, 4.69) is 25.9 Å². The smallest absolute Gasteiger partial charge is 0.252 e. The molecule has 6 nitrogen and oxygen atoms in total. The maximum atomic E-state index is 13.0. The van der Waals surface area contributed by atoms with E-state index in [1.54, 1.807) is 0 Å². The predicted molar refractivity (Wildman–Crippen MR) is 93.2 cm³/mol. The second kappa shape index (κ2) is 8.44. The molecule has 0 spiro atoms. The number of aromatic nitrogens is 2. The average molecular weight is 352 g/mol. The van der Waals surface area contributed by atoms with E-state index in [0.717, 1.165) is 18.3 Å². The van der Waals surface area contributed by atoms with E-state index in [4.69, 9.17) is 11.6 Å². The number of benzene rings is 1. The van der Waals surface area contributed by atoms with E-state index in [9.17, 15) is 9.18 Å². The number of hydrogen-bond donors (Lipinski definition) is 3. The van der Waals surface area contributed by atoms with Crippen LogP contribution in [0.5, 0.6) is 0 Å². The van der Waals surface area contributed by atoms with Crippen molar-refractivity contribution in [1.82, 2.24) is 15.3 Å². The maximum absolute atomic E-state index is 13.0. The quantitative estimate of drug-likeness (QED) is 0.668. The molecule has 0 fully saturated rings. The van der Waals surface area contributed by atoms with Crippen molar-refractivity contribution in [3.8, 4) is 0 Å². The zero-order valence-corrected chi connectivity index (χ0v) is 14.2. The number of halogens is 2. The summed E-state index contributed by atoms with van der Waals surface area (Å²) in [6, 6.07) is 5.49. The summed E-state index contributed by atoms with van der Waals surface area (Å²) in [5.41, 5.74) is 1.08. The lowest BCUT2D eigenvalue weighted by atomic mass is 10.2. The van der Waals surface area contributed by atoms with Crippen LogP contribution in [0.15, 0.2) is 24.3 Å². The van der Waals surface area contributed by atoms with E-state index < -0.39 is 5.82 Å². The highest BCUT2D eigenvalue weighted by Gasteiger charge is 2.10. The van der Waals surface area contributed by atoms with Gasteiger partial charge in [-0.15, -0.1) is 0 Å². The van der Waals surface area contributed by atoms with Crippen molar-refractivity contribution in [1.29, 1.82) is 0 Å². The molecule has 0 bridgehead atoms. The minimum Gasteiger partial charge on any atom is -0.368 e. The molecule has 0 saturated heterocycles. The van der Waals surface area contributed by atoms with Crippen LogP contribution in [0.2, 0.25) is 5.02 Å². The molecule has 2 aromatic rings. The normalized spacial score (nSPS) is 10.3. The van der Waals surface area contributed by atoms with Gasteiger partial charge in [0.25, 0.3) is 5.91 Å². The van der Waals surface area contributed by atoms with Crippen molar-refractivity contribution >= 4 is 29.3 Å². The van der Waals surface area contributed by atoms with Crippen LogP contribution < -0.4 is 16.0 Å². The monoisotopic (exact) mass is 351 g/mol. The van der Waals surface area contributed by atoms with Crippen molar-refractivity contribution < 1.29 is 9.18 Å². The molecule has 128 valence electrons. The molecule has 1 aromatic carbocycles. The fourth-order valence-electron chi connectivity index (χ4n) is 2.03. The van der Waals surface area contributed by atoms with Crippen LogP contribution in [0.1, 0.15) is 23.0 Å². The number of rotatable bonds is 7. The Morgan fingerprint density at radius 2 is 2.00 bits per heavy atom. The third kappa shape index (κ3) is 5.06. The number of hydrogen-bond acceptors (Lipinski definition) is 5. The molecule has 0 aliphatic heterocycles. The Hall–Kier alpha value is -2.41. The van der Waals surface area contributed by atoms with E-state index in [1.807, 2.05) is 19.9 Å². The second-order valence-corrected chi connectivity index (χ2v) is 5.46. The molecule has 1 heterocycles. The first-order valence-electron chi connectivity index (χ1n) is 7.56. The Labute approximate surface area is 144 Å². The Bertz CT molecular complexity index is 726.